The zero-order valence-electron chi connectivity index (χ0n) is 14.6. The van der Waals surface area contributed by atoms with Crippen molar-refractivity contribution in [1.29, 1.82) is 5.26 Å². The molecule has 1 aromatic rings. The summed E-state index contributed by atoms with van der Waals surface area (Å²) < 4.78 is 1.96. The minimum Gasteiger partial charge on any atom is -0.352 e. The lowest BCUT2D eigenvalue weighted by Gasteiger charge is -2.30. The molecule has 3 aliphatic rings. The van der Waals surface area contributed by atoms with Gasteiger partial charge in [0, 0.05) is 24.3 Å². The summed E-state index contributed by atoms with van der Waals surface area (Å²) in [4.78, 5) is 24.9. The molecule has 5 heteroatoms. The van der Waals surface area contributed by atoms with Gasteiger partial charge in [0.05, 0.1) is 6.07 Å². The van der Waals surface area contributed by atoms with Crippen molar-refractivity contribution in [1.82, 2.24) is 9.88 Å². The molecule has 0 bridgehead atoms. The second kappa shape index (κ2) is 6.33. The standard InChI is InChI=1S/C20H25N3O2/c21-13-20(9-1-2-10-20)19(25)22-16-6-7-17-15(11-16)5-8-18(24)23(17)12-14-3-4-14/h5,8,14,16H,1-4,6-7,9-12H2,(H,22,25). The van der Waals surface area contributed by atoms with Crippen LogP contribution in [0.1, 0.15) is 56.2 Å². The lowest BCUT2D eigenvalue weighted by Crippen LogP contribution is -2.46. The van der Waals surface area contributed by atoms with Crippen LogP contribution in [0.4, 0.5) is 0 Å². The van der Waals surface area contributed by atoms with Gasteiger partial charge in [0.25, 0.3) is 5.56 Å². The summed E-state index contributed by atoms with van der Waals surface area (Å²) in [7, 11) is 0. The van der Waals surface area contributed by atoms with Crippen LogP contribution in [0.15, 0.2) is 16.9 Å². The zero-order valence-corrected chi connectivity index (χ0v) is 14.6. The molecule has 5 nitrogen and oxygen atoms in total. The average Bonchev–Trinajstić information content (AvgIpc) is 3.30. The van der Waals surface area contributed by atoms with E-state index in [0.29, 0.717) is 18.8 Å². The van der Waals surface area contributed by atoms with Gasteiger partial charge in [-0.25, -0.2) is 0 Å². The van der Waals surface area contributed by atoms with Crippen LogP contribution in [-0.2, 0) is 24.2 Å². The van der Waals surface area contributed by atoms with Crippen molar-refractivity contribution < 1.29 is 4.79 Å². The average molecular weight is 339 g/mol. The number of pyridine rings is 1. The van der Waals surface area contributed by atoms with Gasteiger partial charge in [0.15, 0.2) is 0 Å². The first-order valence-electron chi connectivity index (χ1n) is 9.55. The van der Waals surface area contributed by atoms with Crippen molar-refractivity contribution in [3.05, 3.63) is 33.7 Å². The normalized spacial score (nSPS) is 24.4. The Morgan fingerprint density at radius 1 is 1.28 bits per heavy atom. The molecule has 0 aliphatic heterocycles. The molecule has 0 saturated heterocycles. The molecule has 1 amide bonds. The fourth-order valence-corrected chi connectivity index (χ4v) is 4.40. The van der Waals surface area contributed by atoms with Crippen molar-refractivity contribution in [2.45, 2.75) is 70.4 Å². The van der Waals surface area contributed by atoms with Crippen LogP contribution < -0.4 is 10.9 Å². The van der Waals surface area contributed by atoms with Gasteiger partial charge in [-0.2, -0.15) is 5.26 Å². The Hall–Kier alpha value is -2.09. The van der Waals surface area contributed by atoms with Crippen molar-refractivity contribution in [3.8, 4) is 6.07 Å². The summed E-state index contributed by atoms with van der Waals surface area (Å²) in [5.41, 5.74) is 1.61. The predicted octanol–water partition coefficient (Wildman–Crippen LogP) is 2.32. The molecule has 2 saturated carbocycles. The Kier molecular flexibility index (Phi) is 4.15. The largest absolute Gasteiger partial charge is 0.352 e. The van der Waals surface area contributed by atoms with Crippen LogP contribution in [0, 0.1) is 22.7 Å². The molecule has 1 aromatic heterocycles. The number of carbonyl (C=O) groups is 1. The fourth-order valence-electron chi connectivity index (χ4n) is 4.40. The number of nitrogens with one attached hydrogen (secondary N) is 1. The monoisotopic (exact) mass is 339 g/mol. The van der Waals surface area contributed by atoms with Gasteiger partial charge < -0.3 is 9.88 Å². The van der Waals surface area contributed by atoms with Crippen molar-refractivity contribution in [2.75, 3.05) is 0 Å². The number of amides is 1. The van der Waals surface area contributed by atoms with E-state index in [0.717, 1.165) is 44.3 Å². The summed E-state index contributed by atoms with van der Waals surface area (Å²) in [6.45, 7) is 0.844. The van der Waals surface area contributed by atoms with Crippen LogP contribution in [0.25, 0.3) is 0 Å². The first-order valence-corrected chi connectivity index (χ1v) is 9.55. The molecule has 132 valence electrons. The van der Waals surface area contributed by atoms with Crippen LogP contribution in [-0.4, -0.2) is 16.5 Å². The molecule has 0 radical (unpaired) electrons. The van der Waals surface area contributed by atoms with E-state index in [9.17, 15) is 14.9 Å². The van der Waals surface area contributed by atoms with E-state index in [1.807, 2.05) is 10.6 Å². The number of nitriles is 1. The Morgan fingerprint density at radius 2 is 2.04 bits per heavy atom. The topological polar surface area (TPSA) is 74.9 Å². The highest BCUT2D eigenvalue weighted by Crippen LogP contribution is 2.38. The maximum absolute atomic E-state index is 12.7. The molecule has 1 heterocycles. The number of hydrogen-bond acceptors (Lipinski definition) is 3. The number of aromatic nitrogens is 1. The van der Waals surface area contributed by atoms with Crippen LogP contribution in [0.2, 0.25) is 0 Å². The smallest absolute Gasteiger partial charge is 0.250 e. The van der Waals surface area contributed by atoms with E-state index in [4.69, 9.17) is 0 Å². The Bertz CT molecular complexity index is 779. The van der Waals surface area contributed by atoms with Gasteiger partial charge in [0.2, 0.25) is 5.91 Å². The van der Waals surface area contributed by atoms with E-state index in [1.54, 1.807) is 6.07 Å². The SMILES string of the molecule is N#CC1(C(=O)NC2CCc3c(ccc(=O)n3CC3CC3)C2)CCCC1. The highest BCUT2D eigenvalue weighted by molar-refractivity contribution is 5.86. The molecule has 0 aromatic carbocycles. The number of fused-ring (bicyclic) bond motifs is 1. The Balaban J connectivity index is 1.49. The number of hydrogen-bond donors (Lipinski definition) is 1. The van der Waals surface area contributed by atoms with E-state index in [1.165, 1.54) is 18.4 Å². The second-order valence-electron chi connectivity index (χ2n) is 8.01. The third kappa shape index (κ3) is 3.10. The summed E-state index contributed by atoms with van der Waals surface area (Å²) >= 11 is 0. The van der Waals surface area contributed by atoms with Gasteiger partial charge in [-0.3, -0.25) is 9.59 Å². The lowest BCUT2D eigenvalue weighted by atomic mass is 9.85. The minimum absolute atomic E-state index is 0.0673. The Morgan fingerprint density at radius 3 is 2.72 bits per heavy atom. The van der Waals surface area contributed by atoms with Crippen molar-refractivity contribution in [3.63, 3.8) is 0 Å². The maximum Gasteiger partial charge on any atom is 0.250 e. The molecular formula is C20H25N3O2. The molecule has 25 heavy (non-hydrogen) atoms. The quantitative estimate of drug-likeness (QED) is 0.915. The summed E-state index contributed by atoms with van der Waals surface area (Å²) in [5.74, 6) is 0.576. The first kappa shape index (κ1) is 16.4. The van der Waals surface area contributed by atoms with E-state index in [2.05, 4.69) is 11.4 Å². The number of carbonyl (C=O) groups excluding carboxylic acids is 1. The van der Waals surface area contributed by atoms with Gasteiger partial charge in [-0.1, -0.05) is 18.9 Å². The molecule has 1 unspecified atom stereocenters. The van der Waals surface area contributed by atoms with Gasteiger partial charge in [-0.05, 0) is 56.4 Å². The summed E-state index contributed by atoms with van der Waals surface area (Å²) in [6.07, 6.45) is 8.16. The van der Waals surface area contributed by atoms with Crippen molar-refractivity contribution in [2.24, 2.45) is 11.3 Å². The van der Waals surface area contributed by atoms with E-state index < -0.39 is 5.41 Å². The first-order chi connectivity index (χ1) is 12.1. The predicted molar refractivity (Wildman–Crippen MR) is 93.9 cm³/mol. The summed E-state index contributed by atoms with van der Waals surface area (Å²) in [5, 5.41) is 12.6. The molecular weight excluding hydrogens is 314 g/mol. The number of nitrogens with zero attached hydrogens (tertiary/aromatic N) is 2. The van der Waals surface area contributed by atoms with Crippen LogP contribution in [0.3, 0.4) is 0 Å². The minimum atomic E-state index is -0.814. The maximum atomic E-state index is 12.7. The third-order valence-corrected chi connectivity index (χ3v) is 6.16. The van der Waals surface area contributed by atoms with E-state index in [-0.39, 0.29) is 17.5 Å². The fraction of sp³-hybridized carbons (Fsp3) is 0.650. The molecule has 0 spiro atoms. The van der Waals surface area contributed by atoms with Gasteiger partial charge in [0.1, 0.15) is 5.41 Å². The molecule has 3 aliphatic carbocycles. The number of rotatable bonds is 4. The lowest BCUT2D eigenvalue weighted by molar-refractivity contribution is -0.128. The van der Waals surface area contributed by atoms with Crippen LogP contribution in [0.5, 0.6) is 0 Å². The third-order valence-electron chi connectivity index (χ3n) is 6.16. The molecule has 1 N–H and O–H groups in total. The second-order valence-corrected chi connectivity index (χ2v) is 8.01. The highest BCUT2D eigenvalue weighted by Gasteiger charge is 2.42. The van der Waals surface area contributed by atoms with Gasteiger partial charge >= 0.3 is 0 Å². The molecule has 2 fully saturated rings. The van der Waals surface area contributed by atoms with Crippen LogP contribution >= 0.6 is 0 Å². The molecule has 1 atom stereocenters. The zero-order chi connectivity index (χ0) is 17.4. The summed E-state index contributed by atoms with van der Waals surface area (Å²) in [6, 6.07) is 5.93. The highest BCUT2D eigenvalue weighted by atomic mass is 16.2. The molecule has 4 rings (SSSR count). The Labute approximate surface area is 148 Å². The van der Waals surface area contributed by atoms with E-state index >= 15 is 0 Å². The van der Waals surface area contributed by atoms with Gasteiger partial charge in [-0.15, -0.1) is 0 Å². The van der Waals surface area contributed by atoms with Crippen molar-refractivity contribution >= 4 is 5.91 Å².